The molecule has 98 valence electrons. The summed E-state index contributed by atoms with van der Waals surface area (Å²) in [5, 5.41) is 6.28. The summed E-state index contributed by atoms with van der Waals surface area (Å²) in [5.74, 6) is -0.179. The molecule has 2 N–H and O–H groups in total. The lowest BCUT2D eigenvalue weighted by molar-refractivity contribution is 0.102. The molecule has 0 atom stereocenters. The van der Waals surface area contributed by atoms with Crippen LogP contribution in [0.1, 0.15) is 22.5 Å². The largest absolute Gasteiger partial charge is 0.383 e. The minimum Gasteiger partial charge on any atom is -0.383 e. The van der Waals surface area contributed by atoms with E-state index in [9.17, 15) is 4.79 Å². The molecule has 1 aromatic heterocycles. The van der Waals surface area contributed by atoms with E-state index in [-0.39, 0.29) is 5.91 Å². The lowest BCUT2D eigenvalue weighted by Crippen LogP contribution is -2.17. The van der Waals surface area contributed by atoms with Gasteiger partial charge in [0.15, 0.2) is 0 Å². The van der Waals surface area contributed by atoms with E-state index < -0.39 is 0 Å². The number of carbonyl (C=O) groups is 1. The summed E-state index contributed by atoms with van der Waals surface area (Å²) in [4.78, 5) is 16.2. The van der Waals surface area contributed by atoms with E-state index >= 15 is 0 Å². The van der Waals surface area contributed by atoms with Crippen molar-refractivity contribution >= 4 is 17.3 Å². The maximum Gasteiger partial charge on any atom is 0.275 e. The summed E-state index contributed by atoms with van der Waals surface area (Å²) < 4.78 is 1.76. The molecule has 0 fully saturated rings. The second-order valence-corrected chi connectivity index (χ2v) is 4.75. The van der Waals surface area contributed by atoms with Gasteiger partial charge in [-0.25, -0.2) is 4.98 Å². The molecule has 0 radical (unpaired) electrons. The zero-order valence-corrected chi connectivity index (χ0v) is 10.8. The number of aryl methyl sites for hydroxylation is 2. The first-order valence-electron chi connectivity index (χ1n) is 6.39. The lowest BCUT2D eigenvalue weighted by Gasteiger charge is -2.21. The summed E-state index contributed by atoms with van der Waals surface area (Å²) in [6.07, 6.45) is 5.51. The highest BCUT2D eigenvalue weighted by atomic mass is 16.1. The fourth-order valence-electron chi connectivity index (χ4n) is 2.33. The number of benzene rings is 1. The van der Waals surface area contributed by atoms with Crippen molar-refractivity contribution in [1.82, 2.24) is 9.55 Å². The Labute approximate surface area is 111 Å². The Balaban J connectivity index is 1.85. The van der Waals surface area contributed by atoms with Gasteiger partial charge in [0, 0.05) is 19.8 Å². The van der Waals surface area contributed by atoms with Crippen molar-refractivity contribution in [2.45, 2.75) is 12.8 Å². The van der Waals surface area contributed by atoms with Crippen LogP contribution in [-0.2, 0) is 13.5 Å². The molecule has 0 aliphatic carbocycles. The molecule has 1 aliphatic heterocycles. The number of hydrogen-bond donors (Lipinski definition) is 2. The number of aromatic nitrogens is 2. The van der Waals surface area contributed by atoms with Crippen LogP contribution in [0, 0.1) is 0 Å². The van der Waals surface area contributed by atoms with Crippen molar-refractivity contribution in [3.63, 3.8) is 0 Å². The van der Waals surface area contributed by atoms with Crippen LogP contribution in [0.15, 0.2) is 30.7 Å². The Hall–Kier alpha value is -2.30. The smallest absolute Gasteiger partial charge is 0.275 e. The zero-order chi connectivity index (χ0) is 13.2. The van der Waals surface area contributed by atoms with Gasteiger partial charge in [-0.15, -0.1) is 0 Å². The second kappa shape index (κ2) is 4.76. The minimum atomic E-state index is -0.179. The number of anilines is 2. The van der Waals surface area contributed by atoms with E-state index in [1.807, 2.05) is 19.2 Å². The maximum absolute atomic E-state index is 12.1. The quantitative estimate of drug-likeness (QED) is 0.864. The number of imidazole rings is 1. The Kier molecular flexibility index (Phi) is 2.95. The highest BCUT2D eigenvalue weighted by Gasteiger charge is 2.15. The van der Waals surface area contributed by atoms with Crippen LogP contribution in [0.25, 0.3) is 0 Å². The Morgan fingerprint density at radius 3 is 3.16 bits per heavy atom. The molecular weight excluding hydrogens is 240 g/mol. The van der Waals surface area contributed by atoms with Gasteiger partial charge in [-0.05, 0) is 24.5 Å². The van der Waals surface area contributed by atoms with Crippen LogP contribution in [0.3, 0.4) is 0 Å². The van der Waals surface area contributed by atoms with Gasteiger partial charge < -0.3 is 15.2 Å². The van der Waals surface area contributed by atoms with Crippen LogP contribution >= 0.6 is 0 Å². The molecule has 3 rings (SSSR count). The van der Waals surface area contributed by atoms with Crippen molar-refractivity contribution in [3.8, 4) is 0 Å². The van der Waals surface area contributed by atoms with Crippen molar-refractivity contribution < 1.29 is 4.79 Å². The number of nitrogens with zero attached hydrogens (tertiary/aromatic N) is 2. The topological polar surface area (TPSA) is 59.0 Å². The van der Waals surface area contributed by atoms with Gasteiger partial charge >= 0.3 is 0 Å². The number of nitrogens with one attached hydrogen (secondary N) is 2. The SMILES string of the molecule is Cn1cnc(C(=O)Nc2cccc3c2NCCC3)c1. The number of hydrogen-bond acceptors (Lipinski definition) is 3. The van der Waals surface area contributed by atoms with E-state index in [1.54, 1.807) is 17.1 Å². The summed E-state index contributed by atoms with van der Waals surface area (Å²) >= 11 is 0. The number of rotatable bonds is 2. The molecule has 0 saturated heterocycles. The van der Waals surface area contributed by atoms with Gasteiger partial charge in [0.2, 0.25) is 0 Å². The zero-order valence-electron chi connectivity index (χ0n) is 10.8. The number of para-hydroxylation sites is 1. The van der Waals surface area contributed by atoms with Gasteiger partial charge in [0.05, 0.1) is 17.7 Å². The van der Waals surface area contributed by atoms with Crippen LogP contribution < -0.4 is 10.6 Å². The van der Waals surface area contributed by atoms with Gasteiger partial charge in [-0.1, -0.05) is 12.1 Å². The molecule has 1 aliphatic rings. The monoisotopic (exact) mass is 256 g/mol. The highest BCUT2D eigenvalue weighted by molar-refractivity contribution is 6.04. The molecule has 0 bridgehead atoms. The molecule has 1 aromatic carbocycles. The van der Waals surface area contributed by atoms with E-state index in [0.717, 1.165) is 30.8 Å². The number of carbonyl (C=O) groups excluding carboxylic acids is 1. The fourth-order valence-corrected chi connectivity index (χ4v) is 2.33. The first-order valence-corrected chi connectivity index (χ1v) is 6.39. The molecule has 0 saturated carbocycles. The average Bonchev–Trinajstić information content (AvgIpc) is 2.86. The van der Waals surface area contributed by atoms with Crippen molar-refractivity contribution in [1.29, 1.82) is 0 Å². The van der Waals surface area contributed by atoms with E-state index in [0.29, 0.717) is 5.69 Å². The van der Waals surface area contributed by atoms with Crippen molar-refractivity contribution in [3.05, 3.63) is 42.0 Å². The molecule has 5 nitrogen and oxygen atoms in total. The molecule has 0 spiro atoms. The normalized spacial score (nSPS) is 13.5. The Morgan fingerprint density at radius 1 is 1.47 bits per heavy atom. The van der Waals surface area contributed by atoms with Crippen LogP contribution in [-0.4, -0.2) is 22.0 Å². The highest BCUT2D eigenvalue weighted by Crippen LogP contribution is 2.30. The first-order chi connectivity index (χ1) is 9.24. The molecular formula is C14H16N4O. The van der Waals surface area contributed by atoms with Crippen LogP contribution in [0.4, 0.5) is 11.4 Å². The lowest BCUT2D eigenvalue weighted by atomic mass is 10.0. The predicted molar refractivity (Wildman–Crippen MR) is 74.4 cm³/mol. The minimum absolute atomic E-state index is 0.179. The number of amides is 1. The second-order valence-electron chi connectivity index (χ2n) is 4.75. The third-order valence-electron chi connectivity index (χ3n) is 3.26. The predicted octanol–water partition coefficient (Wildman–Crippen LogP) is 2.03. The molecule has 0 unspecified atom stereocenters. The molecule has 1 amide bonds. The molecule has 2 aromatic rings. The van der Waals surface area contributed by atoms with E-state index in [1.165, 1.54) is 5.56 Å². The third kappa shape index (κ3) is 2.31. The molecule has 5 heteroatoms. The molecule has 2 heterocycles. The van der Waals surface area contributed by atoms with E-state index in [4.69, 9.17) is 0 Å². The summed E-state index contributed by atoms with van der Waals surface area (Å²) in [5.41, 5.74) is 3.55. The standard InChI is InChI=1S/C14H16N4O/c1-18-8-12(16-9-18)14(19)17-11-6-2-4-10-5-3-7-15-13(10)11/h2,4,6,8-9,15H,3,5,7H2,1H3,(H,17,19). The summed E-state index contributed by atoms with van der Waals surface area (Å²) in [7, 11) is 1.84. The Morgan fingerprint density at radius 2 is 2.37 bits per heavy atom. The van der Waals surface area contributed by atoms with Crippen LogP contribution in [0.2, 0.25) is 0 Å². The summed E-state index contributed by atoms with van der Waals surface area (Å²) in [6, 6.07) is 5.98. The van der Waals surface area contributed by atoms with Crippen molar-refractivity contribution in [2.24, 2.45) is 7.05 Å². The average molecular weight is 256 g/mol. The van der Waals surface area contributed by atoms with Gasteiger partial charge in [0.1, 0.15) is 5.69 Å². The van der Waals surface area contributed by atoms with Crippen LogP contribution in [0.5, 0.6) is 0 Å². The van der Waals surface area contributed by atoms with Gasteiger partial charge in [0.25, 0.3) is 5.91 Å². The van der Waals surface area contributed by atoms with E-state index in [2.05, 4.69) is 21.7 Å². The third-order valence-corrected chi connectivity index (χ3v) is 3.26. The number of fused-ring (bicyclic) bond motifs is 1. The summed E-state index contributed by atoms with van der Waals surface area (Å²) in [6.45, 7) is 0.948. The first kappa shape index (κ1) is 11.8. The van der Waals surface area contributed by atoms with Crippen molar-refractivity contribution in [2.75, 3.05) is 17.2 Å². The maximum atomic E-state index is 12.1. The fraction of sp³-hybridized carbons (Fsp3) is 0.286. The van der Waals surface area contributed by atoms with Gasteiger partial charge in [-0.3, -0.25) is 4.79 Å². The molecule has 19 heavy (non-hydrogen) atoms. The van der Waals surface area contributed by atoms with Gasteiger partial charge in [-0.2, -0.15) is 0 Å². The Bertz CT molecular complexity index is 618.